The van der Waals surface area contributed by atoms with E-state index in [2.05, 4.69) is 20.5 Å². The van der Waals surface area contributed by atoms with Crippen molar-refractivity contribution >= 4 is 16.7 Å². The highest BCUT2D eigenvalue weighted by Gasteiger charge is 2.25. The highest BCUT2D eigenvalue weighted by molar-refractivity contribution is 5.94. The zero-order chi connectivity index (χ0) is 20.7. The second-order valence-corrected chi connectivity index (χ2v) is 7.21. The summed E-state index contributed by atoms with van der Waals surface area (Å²) in [6, 6.07) is 11.7. The molecule has 0 atom stereocenters. The summed E-state index contributed by atoms with van der Waals surface area (Å²) in [6.07, 6.45) is 1.97. The average molecular weight is 404 g/mol. The largest absolute Gasteiger partial charge is 0.331 e. The number of H-pyrrole nitrogens is 1. The molecule has 0 aliphatic carbocycles. The minimum Gasteiger partial charge on any atom is -0.331 e. The quantitative estimate of drug-likeness (QED) is 0.563. The van der Waals surface area contributed by atoms with Gasteiger partial charge >= 0.3 is 0 Å². The number of carbonyl (C=O) groups excluding carboxylic acids is 1. The van der Waals surface area contributed by atoms with Crippen LogP contribution in [0.4, 0.5) is 4.39 Å². The third kappa shape index (κ3) is 3.14. The highest BCUT2D eigenvalue weighted by Crippen LogP contribution is 2.21. The van der Waals surface area contributed by atoms with Gasteiger partial charge < -0.3 is 4.90 Å². The lowest BCUT2D eigenvalue weighted by atomic mass is 10.0. The number of fused-ring (bicyclic) bond motifs is 2. The van der Waals surface area contributed by atoms with Crippen LogP contribution in [0.1, 0.15) is 27.3 Å². The summed E-state index contributed by atoms with van der Waals surface area (Å²) in [7, 11) is 0. The Bertz CT molecular complexity index is 1330. The number of halogens is 1. The number of carbonyl (C=O) groups is 1. The Balaban J connectivity index is 1.45. The van der Waals surface area contributed by atoms with Gasteiger partial charge in [-0.3, -0.25) is 9.59 Å². The maximum atomic E-state index is 14.5. The lowest BCUT2D eigenvalue weighted by Crippen LogP contribution is -2.38. The first-order chi connectivity index (χ1) is 14.6. The van der Waals surface area contributed by atoms with E-state index in [-0.39, 0.29) is 17.0 Å². The number of nitrogens with zero attached hydrogens (tertiary/aromatic N) is 5. The van der Waals surface area contributed by atoms with Gasteiger partial charge in [0.15, 0.2) is 0 Å². The maximum Gasteiger partial charge on any atom is 0.272 e. The minimum absolute atomic E-state index is 0.0159. The van der Waals surface area contributed by atoms with Crippen molar-refractivity contribution in [3.63, 3.8) is 0 Å². The summed E-state index contributed by atoms with van der Waals surface area (Å²) in [5.41, 5.74) is 1.96. The van der Waals surface area contributed by atoms with Gasteiger partial charge in [0.05, 0.1) is 41.6 Å². The van der Waals surface area contributed by atoms with Gasteiger partial charge in [-0.1, -0.05) is 29.5 Å². The molecular formula is C21H17FN6O2. The summed E-state index contributed by atoms with van der Waals surface area (Å²) in [5, 5.41) is 15.7. The summed E-state index contributed by atoms with van der Waals surface area (Å²) in [6.45, 7) is 1.29. The predicted molar refractivity (Wildman–Crippen MR) is 106 cm³/mol. The van der Waals surface area contributed by atoms with Crippen LogP contribution < -0.4 is 5.56 Å². The summed E-state index contributed by atoms with van der Waals surface area (Å²) in [5.74, 6) is -0.943. The van der Waals surface area contributed by atoms with Crippen LogP contribution in [0.5, 0.6) is 0 Å². The van der Waals surface area contributed by atoms with Gasteiger partial charge in [0.1, 0.15) is 5.82 Å². The lowest BCUT2D eigenvalue weighted by molar-refractivity contribution is 0.0701. The molecule has 3 heterocycles. The average Bonchev–Trinajstić information content (AvgIpc) is 3.24. The summed E-state index contributed by atoms with van der Waals surface area (Å²) in [4.78, 5) is 26.6. The van der Waals surface area contributed by atoms with Crippen molar-refractivity contribution in [3.05, 3.63) is 87.3 Å². The molecular weight excluding hydrogens is 387 g/mol. The molecule has 0 unspecified atom stereocenters. The van der Waals surface area contributed by atoms with Gasteiger partial charge in [0, 0.05) is 18.4 Å². The zero-order valence-corrected chi connectivity index (χ0v) is 15.9. The molecule has 0 spiro atoms. The molecule has 0 saturated carbocycles. The monoisotopic (exact) mass is 404 g/mol. The SMILES string of the molecule is O=C(c1cc(Cc2n[nH]c(=O)c3ccccc23)ccc1F)N1CCn2nncc2C1. The number of nitrogens with one attached hydrogen (secondary N) is 1. The number of aromatic nitrogens is 5. The summed E-state index contributed by atoms with van der Waals surface area (Å²) < 4.78 is 16.3. The molecule has 2 aromatic heterocycles. The minimum atomic E-state index is -0.569. The van der Waals surface area contributed by atoms with E-state index in [9.17, 15) is 14.0 Å². The van der Waals surface area contributed by atoms with Crippen LogP contribution in [0.3, 0.4) is 0 Å². The van der Waals surface area contributed by atoms with Crippen molar-refractivity contribution < 1.29 is 9.18 Å². The Kier molecular flexibility index (Phi) is 4.35. The fourth-order valence-corrected chi connectivity index (χ4v) is 3.77. The molecule has 1 aliphatic heterocycles. The fraction of sp³-hybridized carbons (Fsp3) is 0.190. The Morgan fingerprint density at radius 1 is 1.13 bits per heavy atom. The number of hydrogen-bond donors (Lipinski definition) is 1. The molecule has 2 aromatic carbocycles. The van der Waals surface area contributed by atoms with Crippen LogP contribution in [0, 0.1) is 5.82 Å². The van der Waals surface area contributed by atoms with Gasteiger partial charge in [-0.25, -0.2) is 14.2 Å². The number of aromatic amines is 1. The van der Waals surface area contributed by atoms with Crippen LogP contribution in [-0.2, 0) is 19.5 Å². The van der Waals surface area contributed by atoms with Crippen molar-refractivity contribution in [1.29, 1.82) is 0 Å². The van der Waals surface area contributed by atoms with E-state index in [0.29, 0.717) is 37.1 Å². The van der Waals surface area contributed by atoms with Crippen LogP contribution in [0.25, 0.3) is 10.8 Å². The van der Waals surface area contributed by atoms with Crippen molar-refractivity contribution in [2.45, 2.75) is 19.5 Å². The molecule has 4 aromatic rings. The molecule has 0 bridgehead atoms. The highest BCUT2D eigenvalue weighted by atomic mass is 19.1. The van der Waals surface area contributed by atoms with Crippen molar-refractivity contribution in [3.8, 4) is 0 Å². The van der Waals surface area contributed by atoms with E-state index >= 15 is 0 Å². The fourth-order valence-electron chi connectivity index (χ4n) is 3.77. The van der Waals surface area contributed by atoms with Crippen molar-refractivity contribution in [1.82, 2.24) is 30.1 Å². The van der Waals surface area contributed by atoms with Gasteiger partial charge in [0.25, 0.3) is 11.5 Å². The molecule has 1 aliphatic rings. The van der Waals surface area contributed by atoms with Gasteiger partial charge in [0.2, 0.25) is 0 Å². The second-order valence-electron chi connectivity index (χ2n) is 7.21. The van der Waals surface area contributed by atoms with E-state index < -0.39 is 5.82 Å². The smallest absolute Gasteiger partial charge is 0.272 e. The predicted octanol–water partition coefficient (Wildman–Crippen LogP) is 1.90. The molecule has 0 saturated heterocycles. The van der Waals surface area contributed by atoms with Crippen LogP contribution in [0.2, 0.25) is 0 Å². The van der Waals surface area contributed by atoms with E-state index in [0.717, 1.165) is 16.6 Å². The zero-order valence-electron chi connectivity index (χ0n) is 15.9. The third-order valence-corrected chi connectivity index (χ3v) is 5.33. The number of rotatable bonds is 3. The molecule has 8 nitrogen and oxygen atoms in total. The van der Waals surface area contributed by atoms with Crippen LogP contribution in [-0.4, -0.2) is 42.5 Å². The van der Waals surface area contributed by atoms with Crippen LogP contribution >= 0.6 is 0 Å². The van der Waals surface area contributed by atoms with Gasteiger partial charge in [-0.05, 0) is 23.8 Å². The maximum absolute atomic E-state index is 14.5. The van der Waals surface area contributed by atoms with E-state index in [1.54, 1.807) is 40.0 Å². The van der Waals surface area contributed by atoms with Crippen molar-refractivity contribution in [2.24, 2.45) is 0 Å². The number of benzene rings is 2. The topological polar surface area (TPSA) is 96.8 Å². The standard InChI is InChI=1S/C21H17FN6O2/c22-18-6-5-13(10-19-15-3-1-2-4-16(15)20(29)25-24-19)9-17(18)21(30)27-7-8-28-14(12-27)11-23-26-28/h1-6,9,11H,7-8,10,12H2,(H,25,29). The summed E-state index contributed by atoms with van der Waals surface area (Å²) >= 11 is 0. The molecule has 5 rings (SSSR count). The van der Waals surface area contributed by atoms with Crippen molar-refractivity contribution in [2.75, 3.05) is 6.54 Å². The van der Waals surface area contributed by atoms with Gasteiger partial charge in [-0.15, -0.1) is 5.10 Å². The first-order valence-corrected chi connectivity index (χ1v) is 9.51. The van der Waals surface area contributed by atoms with E-state index in [1.807, 2.05) is 12.1 Å². The molecule has 1 N–H and O–H groups in total. The molecule has 150 valence electrons. The Morgan fingerprint density at radius 2 is 1.97 bits per heavy atom. The molecule has 30 heavy (non-hydrogen) atoms. The first kappa shape index (κ1) is 18.2. The number of amides is 1. The van der Waals surface area contributed by atoms with E-state index in [4.69, 9.17) is 0 Å². The normalized spacial score (nSPS) is 13.4. The third-order valence-electron chi connectivity index (χ3n) is 5.33. The first-order valence-electron chi connectivity index (χ1n) is 9.51. The Labute approximate surface area is 169 Å². The van der Waals surface area contributed by atoms with Gasteiger partial charge in [-0.2, -0.15) is 5.10 Å². The van der Waals surface area contributed by atoms with E-state index in [1.165, 1.54) is 6.07 Å². The number of hydrogen-bond acceptors (Lipinski definition) is 5. The lowest BCUT2D eigenvalue weighted by Gasteiger charge is -2.27. The Morgan fingerprint density at radius 3 is 2.83 bits per heavy atom. The molecule has 0 fully saturated rings. The van der Waals surface area contributed by atoms with Crippen LogP contribution in [0.15, 0.2) is 53.5 Å². The molecule has 9 heteroatoms. The molecule has 1 amide bonds. The molecule has 0 radical (unpaired) electrons. The second kappa shape index (κ2) is 7.18. The Hall–Kier alpha value is -3.88.